The van der Waals surface area contributed by atoms with Gasteiger partial charge in [0.15, 0.2) is 0 Å². The average Bonchev–Trinajstić information content (AvgIpc) is 2.37. The smallest absolute Gasteiger partial charge is 0.292 e. The quantitative estimate of drug-likeness (QED) is 0.409. The lowest BCUT2D eigenvalue weighted by Crippen LogP contribution is -2.52. The number of ether oxygens (including phenoxy) is 3. The standard InChI is InChI=1S/C16H32O3/c1-7-12-14-15(6,13-8-2)16(17-9-3,18-10-4)19-11-5/h12,14H,7-11,13H2,1-6H3. The zero-order valence-corrected chi connectivity index (χ0v) is 13.6. The van der Waals surface area contributed by atoms with Gasteiger partial charge < -0.3 is 14.2 Å². The van der Waals surface area contributed by atoms with Gasteiger partial charge in [-0.3, -0.25) is 0 Å². The molecule has 0 aliphatic rings. The Hall–Kier alpha value is -0.380. The van der Waals surface area contributed by atoms with Crippen LogP contribution in [0.1, 0.15) is 60.8 Å². The molecule has 0 bridgehead atoms. The van der Waals surface area contributed by atoms with E-state index in [4.69, 9.17) is 14.2 Å². The highest BCUT2D eigenvalue weighted by Crippen LogP contribution is 2.42. The third-order valence-corrected chi connectivity index (χ3v) is 3.19. The molecule has 3 nitrogen and oxygen atoms in total. The van der Waals surface area contributed by atoms with E-state index in [-0.39, 0.29) is 5.41 Å². The van der Waals surface area contributed by atoms with Gasteiger partial charge in [0.2, 0.25) is 0 Å². The van der Waals surface area contributed by atoms with Gasteiger partial charge in [-0.2, -0.15) is 0 Å². The number of allylic oxidation sites excluding steroid dienone is 1. The second kappa shape index (κ2) is 9.51. The van der Waals surface area contributed by atoms with Crippen LogP contribution in [0.15, 0.2) is 12.2 Å². The monoisotopic (exact) mass is 272 g/mol. The van der Waals surface area contributed by atoms with E-state index in [1.54, 1.807) is 0 Å². The van der Waals surface area contributed by atoms with Crippen molar-refractivity contribution in [3.05, 3.63) is 12.2 Å². The van der Waals surface area contributed by atoms with Crippen LogP contribution in [-0.4, -0.2) is 25.8 Å². The van der Waals surface area contributed by atoms with Gasteiger partial charge in [-0.05, 0) is 40.5 Å². The molecule has 0 heterocycles. The first-order chi connectivity index (χ1) is 9.05. The molecule has 0 aromatic rings. The van der Waals surface area contributed by atoms with Crippen molar-refractivity contribution in [1.29, 1.82) is 0 Å². The minimum Gasteiger partial charge on any atom is -0.327 e. The summed E-state index contributed by atoms with van der Waals surface area (Å²) < 4.78 is 17.8. The predicted octanol–water partition coefficient (Wildman–Crippen LogP) is 4.52. The topological polar surface area (TPSA) is 27.7 Å². The fourth-order valence-electron chi connectivity index (χ4n) is 2.43. The van der Waals surface area contributed by atoms with Crippen LogP contribution in [0.3, 0.4) is 0 Å². The number of rotatable bonds is 11. The van der Waals surface area contributed by atoms with Crippen molar-refractivity contribution in [3.8, 4) is 0 Å². The minimum atomic E-state index is -0.979. The Bertz CT molecular complexity index is 233. The van der Waals surface area contributed by atoms with Gasteiger partial charge in [-0.1, -0.05) is 32.4 Å². The molecule has 0 N–H and O–H groups in total. The molecule has 1 atom stereocenters. The second-order valence-electron chi connectivity index (χ2n) is 4.83. The first kappa shape index (κ1) is 18.6. The summed E-state index contributed by atoms with van der Waals surface area (Å²) in [4.78, 5) is 0. The van der Waals surface area contributed by atoms with Crippen LogP contribution >= 0.6 is 0 Å². The summed E-state index contributed by atoms with van der Waals surface area (Å²) in [5.74, 6) is -0.979. The molecule has 3 heteroatoms. The molecule has 0 rings (SSSR count). The van der Waals surface area contributed by atoms with E-state index >= 15 is 0 Å². The van der Waals surface area contributed by atoms with E-state index in [1.807, 2.05) is 20.8 Å². The van der Waals surface area contributed by atoms with Crippen molar-refractivity contribution in [2.75, 3.05) is 19.8 Å². The van der Waals surface area contributed by atoms with Crippen molar-refractivity contribution in [1.82, 2.24) is 0 Å². The highest BCUT2D eigenvalue weighted by Gasteiger charge is 2.49. The SMILES string of the molecule is CCC=CC(C)(CCC)C(OCC)(OCC)OCC. The molecule has 19 heavy (non-hydrogen) atoms. The van der Waals surface area contributed by atoms with Gasteiger partial charge in [0.1, 0.15) is 0 Å². The maximum Gasteiger partial charge on any atom is 0.292 e. The molecule has 0 aliphatic heterocycles. The zero-order valence-electron chi connectivity index (χ0n) is 13.6. The van der Waals surface area contributed by atoms with Crippen molar-refractivity contribution in [3.63, 3.8) is 0 Å². The predicted molar refractivity (Wildman–Crippen MR) is 80.1 cm³/mol. The first-order valence-electron chi connectivity index (χ1n) is 7.65. The lowest BCUT2D eigenvalue weighted by atomic mass is 9.81. The van der Waals surface area contributed by atoms with Gasteiger partial charge in [0, 0.05) is 19.8 Å². The van der Waals surface area contributed by atoms with Crippen LogP contribution in [0.5, 0.6) is 0 Å². The summed E-state index contributed by atoms with van der Waals surface area (Å²) >= 11 is 0. The Labute approximate surface area is 119 Å². The van der Waals surface area contributed by atoms with Gasteiger partial charge >= 0.3 is 0 Å². The first-order valence-corrected chi connectivity index (χ1v) is 7.65. The Morgan fingerprint density at radius 3 is 1.63 bits per heavy atom. The van der Waals surface area contributed by atoms with E-state index in [0.717, 1.165) is 19.3 Å². The average molecular weight is 272 g/mol. The molecule has 0 amide bonds. The van der Waals surface area contributed by atoms with Crippen molar-refractivity contribution in [2.45, 2.75) is 66.8 Å². The van der Waals surface area contributed by atoms with Gasteiger partial charge in [0.25, 0.3) is 5.97 Å². The highest BCUT2D eigenvalue weighted by atomic mass is 16.9. The molecule has 0 saturated heterocycles. The molecule has 0 fully saturated rings. The Balaban J connectivity index is 5.47. The van der Waals surface area contributed by atoms with Crippen LogP contribution in [0.4, 0.5) is 0 Å². The highest BCUT2D eigenvalue weighted by molar-refractivity contribution is 5.02. The van der Waals surface area contributed by atoms with E-state index in [0.29, 0.717) is 19.8 Å². The Morgan fingerprint density at radius 2 is 1.32 bits per heavy atom. The summed E-state index contributed by atoms with van der Waals surface area (Å²) in [5.41, 5.74) is -0.278. The van der Waals surface area contributed by atoms with Crippen molar-refractivity contribution >= 4 is 0 Å². The summed E-state index contributed by atoms with van der Waals surface area (Å²) in [6.45, 7) is 14.1. The summed E-state index contributed by atoms with van der Waals surface area (Å²) in [6.07, 6.45) is 7.38. The molecular weight excluding hydrogens is 240 g/mol. The molecule has 0 aromatic carbocycles. The Morgan fingerprint density at radius 1 is 0.842 bits per heavy atom. The molecular formula is C16H32O3. The Kier molecular flexibility index (Phi) is 9.32. The molecule has 0 spiro atoms. The van der Waals surface area contributed by atoms with Crippen LogP contribution in [-0.2, 0) is 14.2 Å². The summed E-state index contributed by atoms with van der Waals surface area (Å²) in [6, 6.07) is 0. The summed E-state index contributed by atoms with van der Waals surface area (Å²) in [5, 5.41) is 0. The minimum absolute atomic E-state index is 0.278. The number of hydrogen-bond acceptors (Lipinski definition) is 3. The fraction of sp³-hybridized carbons (Fsp3) is 0.875. The lowest BCUT2D eigenvalue weighted by molar-refractivity contribution is -0.417. The van der Waals surface area contributed by atoms with Gasteiger partial charge in [-0.25, -0.2) is 0 Å². The maximum absolute atomic E-state index is 5.93. The van der Waals surface area contributed by atoms with Gasteiger partial charge in [-0.15, -0.1) is 0 Å². The molecule has 0 radical (unpaired) electrons. The van der Waals surface area contributed by atoms with Gasteiger partial charge in [0.05, 0.1) is 5.41 Å². The van der Waals surface area contributed by atoms with E-state index in [2.05, 4.69) is 32.9 Å². The molecule has 1 unspecified atom stereocenters. The van der Waals surface area contributed by atoms with Crippen molar-refractivity contribution < 1.29 is 14.2 Å². The zero-order chi connectivity index (χ0) is 14.8. The molecule has 0 saturated carbocycles. The maximum atomic E-state index is 5.93. The van der Waals surface area contributed by atoms with E-state index in [9.17, 15) is 0 Å². The fourth-order valence-corrected chi connectivity index (χ4v) is 2.43. The lowest BCUT2D eigenvalue weighted by Gasteiger charge is -2.45. The van der Waals surface area contributed by atoms with E-state index in [1.165, 1.54) is 0 Å². The third-order valence-electron chi connectivity index (χ3n) is 3.19. The summed E-state index contributed by atoms with van der Waals surface area (Å²) in [7, 11) is 0. The van der Waals surface area contributed by atoms with Crippen LogP contribution in [0.25, 0.3) is 0 Å². The van der Waals surface area contributed by atoms with E-state index < -0.39 is 5.97 Å². The second-order valence-corrected chi connectivity index (χ2v) is 4.83. The van der Waals surface area contributed by atoms with Crippen LogP contribution in [0, 0.1) is 5.41 Å². The van der Waals surface area contributed by atoms with Crippen LogP contribution < -0.4 is 0 Å². The van der Waals surface area contributed by atoms with Crippen molar-refractivity contribution in [2.24, 2.45) is 5.41 Å². The largest absolute Gasteiger partial charge is 0.327 e. The van der Waals surface area contributed by atoms with Crippen LogP contribution in [0.2, 0.25) is 0 Å². The molecule has 0 aliphatic carbocycles. The molecule has 0 aromatic heterocycles. The third kappa shape index (κ3) is 4.90. The normalized spacial score (nSPS) is 15.9. The number of hydrogen-bond donors (Lipinski definition) is 0. The molecule has 114 valence electrons.